The van der Waals surface area contributed by atoms with Crippen LogP contribution in [-0.2, 0) is 10.0 Å². The number of hydrogen-bond donors (Lipinski definition) is 2. The van der Waals surface area contributed by atoms with Crippen LogP contribution in [0.2, 0.25) is 5.02 Å². The Kier molecular flexibility index (Phi) is 5.39. The van der Waals surface area contributed by atoms with Crippen LogP contribution in [0.15, 0.2) is 24.3 Å². The second-order valence-electron chi connectivity index (χ2n) is 3.81. The monoisotopic (exact) mass is 276 g/mol. The number of sulfonamides is 1. The maximum atomic E-state index is 11.7. The van der Waals surface area contributed by atoms with E-state index in [0.717, 1.165) is 5.56 Å². The minimum absolute atomic E-state index is 0.0709. The van der Waals surface area contributed by atoms with Crippen LogP contribution in [0.1, 0.15) is 18.5 Å². The summed E-state index contributed by atoms with van der Waals surface area (Å²) in [5.74, 6) is 0.0709. The molecule has 0 radical (unpaired) electrons. The van der Waals surface area contributed by atoms with Crippen molar-refractivity contribution in [3.8, 4) is 0 Å². The normalized spacial score (nSPS) is 13.6. The van der Waals surface area contributed by atoms with E-state index in [1.165, 1.54) is 0 Å². The van der Waals surface area contributed by atoms with Crippen molar-refractivity contribution in [2.24, 2.45) is 0 Å². The molecular formula is C11H17ClN2O2S. The van der Waals surface area contributed by atoms with Gasteiger partial charge in [0.05, 0.1) is 5.75 Å². The molecular weight excluding hydrogens is 260 g/mol. The highest BCUT2D eigenvalue weighted by atomic mass is 35.5. The first-order valence-electron chi connectivity index (χ1n) is 5.34. The molecule has 0 spiro atoms. The largest absolute Gasteiger partial charge is 0.319 e. The first kappa shape index (κ1) is 14.4. The molecule has 6 heteroatoms. The summed E-state index contributed by atoms with van der Waals surface area (Å²) in [7, 11) is -1.53. The summed E-state index contributed by atoms with van der Waals surface area (Å²) in [6.45, 7) is 2.24. The Hall–Kier alpha value is -0.620. The Morgan fingerprint density at radius 1 is 1.29 bits per heavy atom. The molecule has 0 bridgehead atoms. The molecule has 0 saturated heterocycles. The molecule has 1 unspecified atom stereocenters. The predicted octanol–water partition coefficient (Wildman–Crippen LogP) is 1.54. The van der Waals surface area contributed by atoms with Gasteiger partial charge in [-0.1, -0.05) is 23.7 Å². The van der Waals surface area contributed by atoms with Gasteiger partial charge in [0.1, 0.15) is 0 Å². The Bertz CT molecular complexity index is 445. The van der Waals surface area contributed by atoms with Crippen molar-refractivity contribution in [1.82, 2.24) is 10.0 Å². The van der Waals surface area contributed by atoms with Crippen LogP contribution in [0, 0.1) is 0 Å². The molecule has 0 heterocycles. The highest BCUT2D eigenvalue weighted by Crippen LogP contribution is 2.16. The van der Waals surface area contributed by atoms with E-state index in [2.05, 4.69) is 10.0 Å². The minimum atomic E-state index is -3.25. The molecule has 0 aliphatic rings. The van der Waals surface area contributed by atoms with Crippen LogP contribution in [0.4, 0.5) is 0 Å². The number of hydrogen-bond acceptors (Lipinski definition) is 3. The van der Waals surface area contributed by atoms with Gasteiger partial charge in [0.15, 0.2) is 0 Å². The Labute approximate surface area is 107 Å². The lowest BCUT2D eigenvalue weighted by Crippen LogP contribution is -2.32. The van der Waals surface area contributed by atoms with Gasteiger partial charge in [-0.15, -0.1) is 0 Å². The zero-order valence-corrected chi connectivity index (χ0v) is 11.5. The van der Waals surface area contributed by atoms with E-state index in [1.807, 2.05) is 12.1 Å². The molecule has 1 atom stereocenters. The smallest absolute Gasteiger partial charge is 0.213 e. The van der Waals surface area contributed by atoms with Gasteiger partial charge in [-0.05, 0) is 31.7 Å². The van der Waals surface area contributed by atoms with Crippen molar-refractivity contribution in [2.45, 2.75) is 13.0 Å². The van der Waals surface area contributed by atoms with E-state index in [9.17, 15) is 8.42 Å². The van der Waals surface area contributed by atoms with E-state index in [0.29, 0.717) is 11.6 Å². The van der Waals surface area contributed by atoms with Gasteiger partial charge >= 0.3 is 0 Å². The topological polar surface area (TPSA) is 58.2 Å². The van der Waals surface area contributed by atoms with Gasteiger partial charge in [-0.2, -0.15) is 0 Å². The van der Waals surface area contributed by atoms with Gasteiger partial charge in [0.25, 0.3) is 0 Å². The predicted molar refractivity (Wildman–Crippen MR) is 70.7 cm³/mol. The SMILES string of the molecule is CNCCS(=O)(=O)NC(C)c1ccc(Cl)cc1. The Morgan fingerprint density at radius 3 is 2.41 bits per heavy atom. The molecule has 17 heavy (non-hydrogen) atoms. The van der Waals surface area contributed by atoms with Gasteiger partial charge in [0.2, 0.25) is 10.0 Å². The van der Waals surface area contributed by atoms with E-state index in [4.69, 9.17) is 11.6 Å². The van der Waals surface area contributed by atoms with Crippen LogP contribution >= 0.6 is 11.6 Å². The zero-order chi connectivity index (χ0) is 12.9. The van der Waals surface area contributed by atoms with Crippen LogP contribution in [0.5, 0.6) is 0 Å². The van der Waals surface area contributed by atoms with Crippen LogP contribution in [0.25, 0.3) is 0 Å². The third-order valence-corrected chi connectivity index (χ3v) is 4.05. The molecule has 1 aromatic rings. The summed E-state index contributed by atoms with van der Waals surface area (Å²) in [6.07, 6.45) is 0. The van der Waals surface area contributed by atoms with E-state index >= 15 is 0 Å². The van der Waals surface area contributed by atoms with Crippen molar-refractivity contribution in [2.75, 3.05) is 19.3 Å². The lowest BCUT2D eigenvalue weighted by molar-refractivity contribution is 0.565. The highest BCUT2D eigenvalue weighted by molar-refractivity contribution is 7.89. The molecule has 0 aliphatic carbocycles. The summed E-state index contributed by atoms with van der Waals surface area (Å²) < 4.78 is 25.9. The molecule has 96 valence electrons. The molecule has 0 aromatic heterocycles. The second-order valence-corrected chi connectivity index (χ2v) is 6.12. The third kappa shape index (κ3) is 5.04. The number of benzene rings is 1. The number of rotatable bonds is 6. The fourth-order valence-corrected chi connectivity index (χ4v) is 2.78. The molecule has 1 aromatic carbocycles. The molecule has 0 fully saturated rings. The summed E-state index contributed by atoms with van der Waals surface area (Å²) in [5.41, 5.74) is 0.891. The van der Waals surface area contributed by atoms with E-state index in [1.54, 1.807) is 26.1 Å². The maximum absolute atomic E-state index is 11.7. The van der Waals surface area contributed by atoms with Crippen molar-refractivity contribution < 1.29 is 8.42 Å². The first-order valence-corrected chi connectivity index (χ1v) is 7.37. The average Bonchev–Trinajstić information content (AvgIpc) is 2.26. The quantitative estimate of drug-likeness (QED) is 0.829. The van der Waals surface area contributed by atoms with Crippen molar-refractivity contribution >= 4 is 21.6 Å². The van der Waals surface area contributed by atoms with Crippen molar-refractivity contribution in [3.63, 3.8) is 0 Å². The maximum Gasteiger partial charge on any atom is 0.213 e. The van der Waals surface area contributed by atoms with Gasteiger partial charge in [-0.3, -0.25) is 0 Å². The Morgan fingerprint density at radius 2 is 1.88 bits per heavy atom. The average molecular weight is 277 g/mol. The fourth-order valence-electron chi connectivity index (χ4n) is 1.38. The summed E-state index contributed by atoms with van der Waals surface area (Å²) in [4.78, 5) is 0. The van der Waals surface area contributed by atoms with Crippen LogP contribution < -0.4 is 10.0 Å². The third-order valence-electron chi connectivity index (χ3n) is 2.35. The summed E-state index contributed by atoms with van der Waals surface area (Å²) >= 11 is 5.77. The molecule has 4 nitrogen and oxygen atoms in total. The van der Waals surface area contributed by atoms with E-state index < -0.39 is 10.0 Å². The molecule has 2 N–H and O–H groups in total. The van der Waals surface area contributed by atoms with Crippen molar-refractivity contribution in [3.05, 3.63) is 34.9 Å². The standard InChI is InChI=1S/C11H17ClN2O2S/c1-9(10-3-5-11(12)6-4-10)14-17(15,16)8-7-13-2/h3-6,9,13-14H,7-8H2,1-2H3. The number of halogens is 1. The molecule has 0 saturated carbocycles. The first-order chi connectivity index (χ1) is 7.94. The Balaban J connectivity index is 2.65. The fraction of sp³-hybridized carbons (Fsp3) is 0.455. The van der Waals surface area contributed by atoms with E-state index in [-0.39, 0.29) is 11.8 Å². The number of nitrogens with one attached hydrogen (secondary N) is 2. The van der Waals surface area contributed by atoms with Crippen LogP contribution in [0.3, 0.4) is 0 Å². The van der Waals surface area contributed by atoms with Gasteiger partial charge in [0, 0.05) is 17.6 Å². The molecule has 0 aliphatic heterocycles. The van der Waals surface area contributed by atoms with Crippen molar-refractivity contribution in [1.29, 1.82) is 0 Å². The molecule has 1 rings (SSSR count). The van der Waals surface area contributed by atoms with Gasteiger partial charge in [-0.25, -0.2) is 13.1 Å². The highest BCUT2D eigenvalue weighted by Gasteiger charge is 2.14. The summed E-state index contributed by atoms with van der Waals surface area (Å²) in [6, 6.07) is 6.86. The lowest BCUT2D eigenvalue weighted by atomic mass is 10.1. The van der Waals surface area contributed by atoms with Gasteiger partial charge < -0.3 is 5.32 Å². The molecule has 0 amide bonds. The minimum Gasteiger partial charge on any atom is -0.319 e. The summed E-state index contributed by atoms with van der Waals surface area (Å²) in [5, 5.41) is 3.45. The second kappa shape index (κ2) is 6.35. The van der Waals surface area contributed by atoms with Crippen LogP contribution in [-0.4, -0.2) is 27.8 Å². The zero-order valence-electron chi connectivity index (χ0n) is 9.90. The lowest BCUT2D eigenvalue weighted by Gasteiger charge is -2.14.